The maximum absolute atomic E-state index is 3.61. The molecule has 102 valence electrons. The van der Waals surface area contributed by atoms with Gasteiger partial charge >= 0.3 is 0 Å². The topological polar surface area (TPSA) is 18.5 Å². The SMILES string of the molecule is CCC(C)N(C)CCNCC1CCCCN1C. The lowest BCUT2D eigenvalue weighted by Gasteiger charge is -2.33. The smallest absolute Gasteiger partial charge is 0.0217 e. The Morgan fingerprint density at radius 3 is 2.82 bits per heavy atom. The van der Waals surface area contributed by atoms with Crippen molar-refractivity contribution in [2.24, 2.45) is 0 Å². The highest BCUT2D eigenvalue weighted by Crippen LogP contribution is 2.13. The van der Waals surface area contributed by atoms with Gasteiger partial charge in [0.2, 0.25) is 0 Å². The van der Waals surface area contributed by atoms with Crippen molar-refractivity contribution >= 4 is 0 Å². The fourth-order valence-corrected chi connectivity index (χ4v) is 2.46. The van der Waals surface area contributed by atoms with E-state index in [1.54, 1.807) is 0 Å². The lowest BCUT2D eigenvalue weighted by molar-refractivity contribution is 0.178. The summed E-state index contributed by atoms with van der Waals surface area (Å²) in [5.74, 6) is 0. The highest BCUT2D eigenvalue weighted by Gasteiger charge is 2.17. The van der Waals surface area contributed by atoms with Crippen LogP contribution in [0.3, 0.4) is 0 Å². The van der Waals surface area contributed by atoms with Crippen LogP contribution in [0.5, 0.6) is 0 Å². The molecule has 0 radical (unpaired) electrons. The minimum absolute atomic E-state index is 0.703. The Kier molecular flexibility index (Phi) is 7.09. The molecule has 0 aromatic rings. The van der Waals surface area contributed by atoms with Crippen molar-refractivity contribution in [2.75, 3.05) is 40.3 Å². The Morgan fingerprint density at radius 2 is 2.18 bits per heavy atom. The van der Waals surface area contributed by atoms with Gasteiger partial charge in [0.25, 0.3) is 0 Å². The average molecular weight is 241 g/mol. The van der Waals surface area contributed by atoms with Gasteiger partial charge in [-0.1, -0.05) is 13.3 Å². The summed E-state index contributed by atoms with van der Waals surface area (Å²) in [6, 6.07) is 1.46. The number of hydrogen-bond donors (Lipinski definition) is 1. The van der Waals surface area contributed by atoms with Crippen LogP contribution in [0.2, 0.25) is 0 Å². The molecule has 1 rings (SSSR count). The second-order valence-electron chi connectivity index (χ2n) is 5.57. The van der Waals surface area contributed by atoms with Crippen molar-refractivity contribution in [1.29, 1.82) is 0 Å². The fraction of sp³-hybridized carbons (Fsp3) is 1.00. The van der Waals surface area contributed by atoms with Gasteiger partial charge in [-0.25, -0.2) is 0 Å². The molecule has 1 heterocycles. The Balaban J connectivity index is 2.07. The van der Waals surface area contributed by atoms with Gasteiger partial charge in [0.05, 0.1) is 0 Å². The molecule has 1 aliphatic heterocycles. The van der Waals surface area contributed by atoms with Gasteiger partial charge in [-0.2, -0.15) is 0 Å². The second kappa shape index (κ2) is 8.06. The zero-order chi connectivity index (χ0) is 12.7. The highest BCUT2D eigenvalue weighted by molar-refractivity contribution is 4.76. The first-order valence-electron chi connectivity index (χ1n) is 7.26. The molecule has 0 aliphatic carbocycles. The van der Waals surface area contributed by atoms with E-state index in [2.05, 4.69) is 43.1 Å². The number of rotatable bonds is 7. The molecule has 1 aliphatic rings. The molecule has 0 bridgehead atoms. The summed E-state index contributed by atoms with van der Waals surface area (Å²) in [5, 5.41) is 3.61. The molecule has 3 heteroatoms. The van der Waals surface area contributed by atoms with Gasteiger partial charge in [0.1, 0.15) is 0 Å². The first kappa shape index (κ1) is 14.9. The van der Waals surface area contributed by atoms with Gasteiger partial charge < -0.3 is 15.1 Å². The van der Waals surface area contributed by atoms with Crippen molar-refractivity contribution in [2.45, 2.75) is 51.6 Å². The monoisotopic (exact) mass is 241 g/mol. The fourth-order valence-electron chi connectivity index (χ4n) is 2.46. The molecule has 0 aromatic carbocycles. The molecule has 1 N–H and O–H groups in total. The Hall–Kier alpha value is -0.120. The minimum atomic E-state index is 0.703. The van der Waals surface area contributed by atoms with E-state index in [1.807, 2.05) is 0 Å². The quantitative estimate of drug-likeness (QED) is 0.686. The van der Waals surface area contributed by atoms with E-state index in [4.69, 9.17) is 0 Å². The zero-order valence-electron chi connectivity index (χ0n) is 12.2. The van der Waals surface area contributed by atoms with E-state index in [0.29, 0.717) is 6.04 Å². The van der Waals surface area contributed by atoms with Crippen LogP contribution in [0.1, 0.15) is 39.5 Å². The normalized spacial score (nSPS) is 24.2. The summed E-state index contributed by atoms with van der Waals surface area (Å²) < 4.78 is 0. The first-order valence-corrected chi connectivity index (χ1v) is 7.26. The molecule has 0 aromatic heterocycles. The van der Waals surface area contributed by atoms with Crippen LogP contribution in [0, 0.1) is 0 Å². The molecule has 0 amide bonds. The predicted octanol–water partition coefficient (Wildman–Crippen LogP) is 1.79. The number of nitrogens with one attached hydrogen (secondary N) is 1. The molecule has 2 atom stereocenters. The Labute approximate surface area is 108 Å². The van der Waals surface area contributed by atoms with Crippen LogP contribution in [-0.2, 0) is 0 Å². The summed E-state index contributed by atoms with van der Waals surface area (Å²) >= 11 is 0. The first-order chi connectivity index (χ1) is 8.15. The van der Waals surface area contributed by atoms with E-state index in [-0.39, 0.29) is 0 Å². The summed E-state index contributed by atoms with van der Waals surface area (Å²) in [6.45, 7) is 9.26. The van der Waals surface area contributed by atoms with Crippen molar-refractivity contribution in [3.8, 4) is 0 Å². The van der Waals surface area contributed by atoms with Crippen LogP contribution in [0.25, 0.3) is 0 Å². The molecule has 1 fully saturated rings. The van der Waals surface area contributed by atoms with Crippen molar-refractivity contribution in [3.05, 3.63) is 0 Å². The van der Waals surface area contributed by atoms with Gasteiger partial charge in [-0.15, -0.1) is 0 Å². The molecular formula is C14H31N3. The molecule has 0 saturated carbocycles. The number of nitrogens with zero attached hydrogens (tertiary/aromatic N) is 2. The lowest BCUT2D eigenvalue weighted by Crippen LogP contribution is -2.44. The molecule has 3 nitrogen and oxygen atoms in total. The molecule has 2 unspecified atom stereocenters. The van der Waals surface area contributed by atoms with Crippen LogP contribution in [0.4, 0.5) is 0 Å². The summed E-state index contributed by atoms with van der Waals surface area (Å²) in [4.78, 5) is 4.95. The highest BCUT2D eigenvalue weighted by atomic mass is 15.2. The third-order valence-corrected chi connectivity index (χ3v) is 4.29. The third-order valence-electron chi connectivity index (χ3n) is 4.29. The Morgan fingerprint density at radius 1 is 1.41 bits per heavy atom. The van der Waals surface area contributed by atoms with Crippen molar-refractivity contribution in [1.82, 2.24) is 15.1 Å². The Bertz CT molecular complexity index is 196. The van der Waals surface area contributed by atoms with Gasteiger partial charge in [0.15, 0.2) is 0 Å². The van der Waals surface area contributed by atoms with E-state index in [1.165, 1.54) is 32.2 Å². The van der Waals surface area contributed by atoms with E-state index >= 15 is 0 Å². The average Bonchev–Trinajstić information content (AvgIpc) is 2.35. The van der Waals surface area contributed by atoms with Crippen LogP contribution in [-0.4, -0.2) is 62.2 Å². The third kappa shape index (κ3) is 5.36. The van der Waals surface area contributed by atoms with Crippen molar-refractivity contribution in [3.63, 3.8) is 0 Å². The van der Waals surface area contributed by atoms with Crippen molar-refractivity contribution < 1.29 is 0 Å². The zero-order valence-corrected chi connectivity index (χ0v) is 12.2. The molecule has 1 saturated heterocycles. The number of likely N-dealkylation sites (N-methyl/N-ethyl adjacent to an activating group) is 2. The van der Waals surface area contributed by atoms with Gasteiger partial charge in [-0.05, 0) is 46.8 Å². The van der Waals surface area contributed by atoms with E-state index in [0.717, 1.165) is 25.7 Å². The maximum atomic E-state index is 3.61. The molecule has 17 heavy (non-hydrogen) atoms. The molecule has 0 spiro atoms. The summed E-state index contributed by atoms with van der Waals surface area (Å²) in [6.07, 6.45) is 5.39. The summed E-state index contributed by atoms with van der Waals surface area (Å²) in [7, 11) is 4.49. The number of hydrogen-bond acceptors (Lipinski definition) is 3. The van der Waals surface area contributed by atoms with E-state index in [9.17, 15) is 0 Å². The van der Waals surface area contributed by atoms with Gasteiger partial charge in [-0.3, -0.25) is 0 Å². The largest absolute Gasteiger partial charge is 0.314 e. The van der Waals surface area contributed by atoms with Crippen LogP contribution < -0.4 is 5.32 Å². The van der Waals surface area contributed by atoms with Gasteiger partial charge in [0, 0.05) is 31.7 Å². The van der Waals surface area contributed by atoms with E-state index < -0.39 is 0 Å². The molecular weight excluding hydrogens is 210 g/mol. The second-order valence-corrected chi connectivity index (χ2v) is 5.57. The maximum Gasteiger partial charge on any atom is 0.0217 e. The number of likely N-dealkylation sites (tertiary alicyclic amines) is 1. The van der Waals surface area contributed by atoms with Crippen LogP contribution >= 0.6 is 0 Å². The standard InChI is InChI=1S/C14H31N3/c1-5-13(2)16(3)11-9-15-12-14-8-6-7-10-17(14)4/h13-15H,5-12H2,1-4H3. The predicted molar refractivity (Wildman–Crippen MR) is 75.5 cm³/mol. The number of piperidine rings is 1. The lowest BCUT2D eigenvalue weighted by atomic mass is 10.0. The summed E-state index contributed by atoms with van der Waals surface area (Å²) in [5.41, 5.74) is 0. The van der Waals surface area contributed by atoms with Crippen LogP contribution in [0.15, 0.2) is 0 Å². The minimum Gasteiger partial charge on any atom is -0.314 e.